The first kappa shape index (κ1) is 22.7. The normalized spacial score (nSPS) is 15.0. The monoisotopic (exact) mass is 435 g/mol. The van der Waals surface area contributed by atoms with Crippen LogP contribution in [-0.4, -0.2) is 37.0 Å². The molecular weight excluding hydrogens is 411 g/mol. The highest BCUT2D eigenvalue weighted by molar-refractivity contribution is 5.86. The second-order valence-corrected chi connectivity index (χ2v) is 7.65. The summed E-state index contributed by atoms with van der Waals surface area (Å²) in [5, 5.41) is 0. The van der Waals surface area contributed by atoms with E-state index in [2.05, 4.69) is 4.74 Å². The van der Waals surface area contributed by atoms with Crippen molar-refractivity contribution >= 4 is 11.9 Å². The molecule has 166 valence electrons. The number of carbonyl (C=O) groups excluding carboxylic acids is 2. The van der Waals surface area contributed by atoms with E-state index in [4.69, 9.17) is 4.74 Å². The fraction of sp³-hybridized carbons (Fsp3) is 0.391. The highest BCUT2D eigenvalue weighted by Crippen LogP contribution is 2.42. The Morgan fingerprint density at radius 1 is 1.10 bits per heavy atom. The molecule has 0 heterocycles. The Morgan fingerprint density at radius 3 is 2.39 bits per heavy atom. The van der Waals surface area contributed by atoms with E-state index >= 15 is 0 Å². The zero-order chi connectivity index (χ0) is 22.4. The maximum Gasteiger partial charge on any atom is 0.387 e. The van der Waals surface area contributed by atoms with Gasteiger partial charge in [0.15, 0.2) is 6.61 Å². The molecule has 0 atom stereocenters. The lowest BCUT2D eigenvalue weighted by atomic mass is 9.79. The molecule has 1 aliphatic carbocycles. The van der Waals surface area contributed by atoms with Gasteiger partial charge in [-0.05, 0) is 48.2 Å². The molecule has 0 aromatic heterocycles. The van der Waals surface area contributed by atoms with E-state index in [0.29, 0.717) is 24.0 Å². The lowest BCUT2D eigenvalue weighted by Crippen LogP contribution is -2.38. The van der Waals surface area contributed by atoms with Crippen LogP contribution in [0.5, 0.6) is 5.75 Å². The third kappa shape index (κ3) is 5.57. The van der Waals surface area contributed by atoms with Crippen LogP contribution in [0.4, 0.5) is 13.2 Å². The molecule has 5 nitrogen and oxygen atoms in total. The largest absolute Gasteiger partial charge is 0.455 e. The van der Waals surface area contributed by atoms with Gasteiger partial charge in [-0.1, -0.05) is 37.1 Å². The summed E-state index contributed by atoms with van der Waals surface area (Å²) in [5.74, 6) is -1.32. The van der Waals surface area contributed by atoms with Gasteiger partial charge in [0.2, 0.25) is 0 Å². The van der Waals surface area contributed by atoms with Crippen LogP contribution in [0.2, 0.25) is 0 Å². The predicted molar refractivity (Wildman–Crippen MR) is 107 cm³/mol. The molecule has 0 unspecified atom stereocenters. The van der Waals surface area contributed by atoms with Crippen LogP contribution in [0.1, 0.15) is 36.8 Å². The zero-order valence-electron chi connectivity index (χ0n) is 17.2. The van der Waals surface area contributed by atoms with Crippen molar-refractivity contribution in [2.24, 2.45) is 0 Å². The number of hydrogen-bond acceptors (Lipinski definition) is 4. The van der Waals surface area contributed by atoms with Gasteiger partial charge in [0.05, 0.1) is 5.41 Å². The molecular formula is C23H24F3NO4. The van der Waals surface area contributed by atoms with E-state index in [1.807, 2.05) is 0 Å². The van der Waals surface area contributed by atoms with Crippen LogP contribution in [0, 0.1) is 5.82 Å². The predicted octanol–water partition coefficient (Wildman–Crippen LogP) is 4.44. The number of ether oxygens (including phenoxy) is 2. The fourth-order valence-electron chi connectivity index (χ4n) is 3.89. The van der Waals surface area contributed by atoms with Crippen LogP contribution < -0.4 is 4.74 Å². The molecule has 0 radical (unpaired) electrons. The van der Waals surface area contributed by atoms with Gasteiger partial charge >= 0.3 is 12.6 Å². The molecule has 3 rings (SSSR count). The SMILES string of the molecule is CN(Cc1ccc(OC(F)F)cc1)C(=O)COC(=O)C1(c2cccc(F)c2)CCCC1. The number of likely N-dealkylation sites (N-methyl/N-ethyl adjacent to an activating group) is 1. The van der Waals surface area contributed by atoms with Crippen LogP contribution in [0.15, 0.2) is 48.5 Å². The standard InChI is InChI=1S/C23H24F3NO4/c1-27(14-16-7-9-19(10-8-16)31-22(25)26)20(28)15-30-21(29)23(11-2-3-12-23)17-5-4-6-18(24)13-17/h4-10,13,22H,2-3,11-12,14-15H2,1H3. The van der Waals surface area contributed by atoms with Gasteiger partial charge in [-0.25, -0.2) is 4.39 Å². The van der Waals surface area contributed by atoms with E-state index in [1.54, 1.807) is 31.3 Å². The van der Waals surface area contributed by atoms with Gasteiger partial charge in [0.25, 0.3) is 5.91 Å². The summed E-state index contributed by atoms with van der Waals surface area (Å²) in [7, 11) is 1.55. The molecule has 2 aromatic carbocycles. The molecule has 0 bridgehead atoms. The van der Waals surface area contributed by atoms with E-state index in [9.17, 15) is 22.8 Å². The van der Waals surface area contributed by atoms with Crippen molar-refractivity contribution in [2.45, 2.75) is 44.3 Å². The number of esters is 1. The summed E-state index contributed by atoms with van der Waals surface area (Å²) in [6.45, 7) is -3.13. The van der Waals surface area contributed by atoms with E-state index < -0.39 is 36.3 Å². The summed E-state index contributed by atoms with van der Waals surface area (Å²) in [6.07, 6.45) is 2.74. The van der Waals surface area contributed by atoms with Gasteiger partial charge in [-0.3, -0.25) is 9.59 Å². The minimum Gasteiger partial charge on any atom is -0.455 e. The van der Waals surface area contributed by atoms with Crippen molar-refractivity contribution in [1.82, 2.24) is 4.90 Å². The number of alkyl halides is 2. The van der Waals surface area contributed by atoms with Gasteiger partial charge in [-0.2, -0.15) is 8.78 Å². The number of carbonyl (C=O) groups is 2. The molecule has 0 saturated heterocycles. The molecule has 1 amide bonds. The lowest BCUT2D eigenvalue weighted by Gasteiger charge is -2.27. The fourth-order valence-corrected chi connectivity index (χ4v) is 3.89. The molecule has 0 N–H and O–H groups in total. The second-order valence-electron chi connectivity index (χ2n) is 7.65. The summed E-state index contributed by atoms with van der Waals surface area (Å²) in [5.41, 5.74) is 0.347. The molecule has 31 heavy (non-hydrogen) atoms. The Labute approximate surface area is 178 Å². The molecule has 0 spiro atoms. The zero-order valence-corrected chi connectivity index (χ0v) is 17.2. The van der Waals surface area contributed by atoms with Crippen molar-refractivity contribution in [3.8, 4) is 5.75 Å². The van der Waals surface area contributed by atoms with E-state index in [0.717, 1.165) is 12.8 Å². The minimum absolute atomic E-state index is 0.0286. The molecule has 2 aromatic rings. The van der Waals surface area contributed by atoms with Crippen molar-refractivity contribution in [3.05, 3.63) is 65.5 Å². The van der Waals surface area contributed by atoms with E-state index in [1.165, 1.54) is 29.2 Å². The van der Waals surface area contributed by atoms with E-state index in [-0.39, 0.29) is 12.3 Å². The summed E-state index contributed by atoms with van der Waals surface area (Å²) in [6, 6.07) is 11.9. The number of halogens is 3. The van der Waals surface area contributed by atoms with Crippen LogP contribution in [0.25, 0.3) is 0 Å². The maximum absolute atomic E-state index is 13.7. The molecule has 1 fully saturated rings. The first-order valence-corrected chi connectivity index (χ1v) is 10.0. The molecule has 0 aliphatic heterocycles. The van der Waals surface area contributed by atoms with Gasteiger partial charge in [0, 0.05) is 13.6 Å². The maximum atomic E-state index is 13.7. The highest BCUT2D eigenvalue weighted by Gasteiger charge is 2.44. The Bertz CT molecular complexity index is 911. The second kappa shape index (κ2) is 9.85. The molecule has 1 saturated carbocycles. The molecule has 1 aliphatic rings. The van der Waals surface area contributed by atoms with Gasteiger partial charge in [0.1, 0.15) is 11.6 Å². The number of rotatable bonds is 8. The lowest BCUT2D eigenvalue weighted by molar-refractivity contribution is -0.156. The Balaban J connectivity index is 1.58. The number of hydrogen-bond donors (Lipinski definition) is 0. The topological polar surface area (TPSA) is 55.8 Å². The highest BCUT2D eigenvalue weighted by atomic mass is 19.3. The number of benzene rings is 2. The van der Waals surface area contributed by atoms with Gasteiger partial charge < -0.3 is 14.4 Å². The first-order valence-electron chi connectivity index (χ1n) is 10.0. The Hall–Kier alpha value is -3.03. The van der Waals surface area contributed by atoms with Crippen molar-refractivity contribution in [3.63, 3.8) is 0 Å². The smallest absolute Gasteiger partial charge is 0.387 e. The number of nitrogens with zero attached hydrogens (tertiary/aromatic N) is 1. The quantitative estimate of drug-likeness (QED) is 0.576. The Morgan fingerprint density at radius 2 is 1.77 bits per heavy atom. The minimum atomic E-state index is -2.90. The van der Waals surface area contributed by atoms with Crippen LogP contribution >= 0.6 is 0 Å². The molecule has 8 heteroatoms. The first-order chi connectivity index (χ1) is 14.8. The average molecular weight is 435 g/mol. The van der Waals surface area contributed by atoms with Crippen LogP contribution in [-0.2, 0) is 26.3 Å². The van der Waals surface area contributed by atoms with Gasteiger partial charge in [-0.15, -0.1) is 0 Å². The average Bonchev–Trinajstić information content (AvgIpc) is 3.24. The van der Waals surface area contributed by atoms with Crippen molar-refractivity contribution < 1.29 is 32.2 Å². The summed E-state index contributed by atoms with van der Waals surface area (Å²) in [4.78, 5) is 26.7. The third-order valence-corrected chi connectivity index (χ3v) is 5.55. The van der Waals surface area contributed by atoms with Crippen molar-refractivity contribution in [2.75, 3.05) is 13.7 Å². The Kier molecular flexibility index (Phi) is 7.20. The third-order valence-electron chi connectivity index (χ3n) is 5.55. The van der Waals surface area contributed by atoms with Crippen molar-refractivity contribution in [1.29, 1.82) is 0 Å². The summed E-state index contributed by atoms with van der Waals surface area (Å²) >= 11 is 0. The number of amides is 1. The van der Waals surface area contributed by atoms with Crippen LogP contribution in [0.3, 0.4) is 0 Å². The summed E-state index contributed by atoms with van der Waals surface area (Å²) < 4.78 is 47.8.